The normalized spacial score (nSPS) is 15.1. The first-order valence-corrected chi connectivity index (χ1v) is 9.21. The summed E-state index contributed by atoms with van der Waals surface area (Å²) in [4.78, 5) is 12.5. The molecule has 132 valence electrons. The van der Waals surface area contributed by atoms with Crippen LogP contribution in [0.15, 0.2) is 36.4 Å². The first-order valence-electron chi connectivity index (χ1n) is 9.21. The molecule has 3 nitrogen and oxygen atoms in total. The Hall–Kier alpha value is -2.29. The van der Waals surface area contributed by atoms with Crippen LogP contribution in [0.4, 0.5) is 5.69 Å². The zero-order valence-corrected chi connectivity index (χ0v) is 15.1. The van der Waals surface area contributed by atoms with E-state index in [0.29, 0.717) is 5.69 Å². The number of carbonyl (C=O) groups excluding carboxylic acids is 1. The maximum atomic E-state index is 12.5. The van der Waals surface area contributed by atoms with E-state index in [-0.39, 0.29) is 17.6 Å². The Morgan fingerprint density at radius 2 is 1.84 bits per heavy atom. The van der Waals surface area contributed by atoms with E-state index in [0.717, 1.165) is 37.7 Å². The first kappa shape index (κ1) is 17.5. The summed E-state index contributed by atoms with van der Waals surface area (Å²) in [6.45, 7) is 4.19. The average Bonchev–Trinajstić information content (AvgIpc) is 2.58. The van der Waals surface area contributed by atoms with Crippen molar-refractivity contribution in [2.75, 3.05) is 5.32 Å². The molecular formula is C22H27NO2. The van der Waals surface area contributed by atoms with Gasteiger partial charge in [0.15, 0.2) is 0 Å². The van der Waals surface area contributed by atoms with Crippen molar-refractivity contribution in [1.82, 2.24) is 0 Å². The summed E-state index contributed by atoms with van der Waals surface area (Å²) in [5.41, 5.74) is 5.41. The molecule has 3 rings (SSSR count). The number of hydrogen-bond acceptors (Lipinski definition) is 2. The van der Waals surface area contributed by atoms with Crippen LogP contribution in [0.5, 0.6) is 5.75 Å². The number of aromatic hydroxyl groups is 1. The van der Waals surface area contributed by atoms with Gasteiger partial charge in [0.25, 0.3) is 0 Å². The monoisotopic (exact) mass is 337 g/mol. The lowest BCUT2D eigenvalue weighted by molar-refractivity contribution is -0.120. The fraction of sp³-hybridized carbons (Fsp3) is 0.409. The van der Waals surface area contributed by atoms with Crippen molar-refractivity contribution in [3.63, 3.8) is 0 Å². The number of anilines is 1. The van der Waals surface area contributed by atoms with E-state index in [4.69, 9.17) is 0 Å². The Balaban J connectivity index is 1.76. The summed E-state index contributed by atoms with van der Waals surface area (Å²) in [6.07, 6.45) is 6.19. The molecule has 0 bridgehead atoms. The van der Waals surface area contributed by atoms with Crippen LogP contribution in [0.25, 0.3) is 0 Å². The van der Waals surface area contributed by atoms with E-state index in [9.17, 15) is 9.90 Å². The second-order valence-corrected chi connectivity index (χ2v) is 7.32. The molecule has 1 aliphatic carbocycles. The second kappa shape index (κ2) is 7.73. The average molecular weight is 337 g/mol. The summed E-state index contributed by atoms with van der Waals surface area (Å²) in [5, 5.41) is 13.1. The predicted molar refractivity (Wildman–Crippen MR) is 102 cm³/mol. The molecule has 0 radical (unpaired) electrons. The molecule has 0 unspecified atom stereocenters. The van der Waals surface area contributed by atoms with Crippen LogP contribution >= 0.6 is 0 Å². The standard InChI is InChI=1S/C22H27NO2/c1-15-8-9-16(2)19(10-15)11-17-12-20(14-21(24)13-17)23-22(25)18-6-4-3-5-7-18/h8-10,12-14,18,24H,3-7,11H2,1-2H3,(H,23,25). The number of benzene rings is 2. The summed E-state index contributed by atoms with van der Waals surface area (Å²) < 4.78 is 0. The molecule has 0 spiro atoms. The molecule has 0 aromatic heterocycles. The number of aryl methyl sites for hydroxylation is 2. The van der Waals surface area contributed by atoms with Gasteiger partial charge in [-0.25, -0.2) is 0 Å². The number of carbonyl (C=O) groups is 1. The molecule has 1 amide bonds. The summed E-state index contributed by atoms with van der Waals surface area (Å²) in [6, 6.07) is 11.8. The van der Waals surface area contributed by atoms with E-state index >= 15 is 0 Å². The van der Waals surface area contributed by atoms with Gasteiger partial charge in [0.1, 0.15) is 5.75 Å². The Morgan fingerprint density at radius 1 is 1.08 bits per heavy atom. The van der Waals surface area contributed by atoms with E-state index < -0.39 is 0 Å². The maximum Gasteiger partial charge on any atom is 0.227 e. The lowest BCUT2D eigenvalue weighted by Gasteiger charge is -2.21. The van der Waals surface area contributed by atoms with Gasteiger partial charge in [0, 0.05) is 17.7 Å². The molecule has 2 N–H and O–H groups in total. The molecule has 1 fully saturated rings. The lowest BCUT2D eigenvalue weighted by atomic mass is 9.88. The van der Waals surface area contributed by atoms with E-state index in [1.807, 2.05) is 6.07 Å². The number of nitrogens with one attached hydrogen (secondary N) is 1. The molecular weight excluding hydrogens is 310 g/mol. The van der Waals surface area contributed by atoms with Crippen LogP contribution in [0, 0.1) is 19.8 Å². The van der Waals surface area contributed by atoms with Gasteiger partial charge in [-0.3, -0.25) is 4.79 Å². The van der Waals surface area contributed by atoms with Crippen LogP contribution in [0.3, 0.4) is 0 Å². The van der Waals surface area contributed by atoms with E-state index in [2.05, 4.69) is 37.4 Å². The Kier molecular flexibility index (Phi) is 5.42. The fourth-order valence-corrected chi connectivity index (χ4v) is 3.67. The highest BCUT2D eigenvalue weighted by molar-refractivity contribution is 5.92. The minimum atomic E-state index is 0.0861. The van der Waals surface area contributed by atoms with Crippen LogP contribution < -0.4 is 5.32 Å². The number of rotatable bonds is 4. The SMILES string of the molecule is Cc1ccc(C)c(Cc2cc(O)cc(NC(=O)C3CCCCC3)c2)c1. The Labute approximate surface area is 150 Å². The van der Waals surface area contributed by atoms with Crippen molar-refractivity contribution in [2.45, 2.75) is 52.4 Å². The van der Waals surface area contributed by atoms with Crippen LogP contribution in [-0.4, -0.2) is 11.0 Å². The first-order chi connectivity index (χ1) is 12.0. The highest BCUT2D eigenvalue weighted by Crippen LogP contribution is 2.27. The van der Waals surface area contributed by atoms with Gasteiger partial charge >= 0.3 is 0 Å². The van der Waals surface area contributed by atoms with Crippen molar-refractivity contribution in [1.29, 1.82) is 0 Å². The molecule has 0 heterocycles. The number of amides is 1. The summed E-state index contributed by atoms with van der Waals surface area (Å²) in [7, 11) is 0. The van der Waals surface area contributed by atoms with Crippen molar-refractivity contribution < 1.29 is 9.90 Å². The van der Waals surface area contributed by atoms with Crippen molar-refractivity contribution in [2.24, 2.45) is 5.92 Å². The van der Waals surface area contributed by atoms with Crippen LogP contribution in [-0.2, 0) is 11.2 Å². The summed E-state index contributed by atoms with van der Waals surface area (Å²) in [5.74, 6) is 0.392. The van der Waals surface area contributed by atoms with Crippen molar-refractivity contribution in [3.8, 4) is 5.75 Å². The van der Waals surface area contributed by atoms with Crippen LogP contribution in [0.2, 0.25) is 0 Å². The van der Waals surface area contributed by atoms with Gasteiger partial charge < -0.3 is 10.4 Å². The molecule has 1 aliphatic rings. The topological polar surface area (TPSA) is 49.3 Å². The van der Waals surface area contributed by atoms with Gasteiger partial charge in [-0.15, -0.1) is 0 Å². The zero-order valence-electron chi connectivity index (χ0n) is 15.1. The van der Waals surface area contributed by atoms with Crippen molar-refractivity contribution in [3.05, 3.63) is 58.7 Å². The summed E-state index contributed by atoms with van der Waals surface area (Å²) >= 11 is 0. The van der Waals surface area contributed by atoms with Crippen LogP contribution in [0.1, 0.15) is 54.4 Å². The van der Waals surface area contributed by atoms with Crippen molar-refractivity contribution >= 4 is 11.6 Å². The predicted octanol–water partition coefficient (Wildman–Crippen LogP) is 5.12. The van der Waals surface area contributed by atoms with Gasteiger partial charge in [-0.05, 0) is 61.9 Å². The van der Waals surface area contributed by atoms with Gasteiger partial charge in [-0.2, -0.15) is 0 Å². The highest BCUT2D eigenvalue weighted by Gasteiger charge is 2.21. The van der Waals surface area contributed by atoms with Gasteiger partial charge in [0.05, 0.1) is 0 Å². The maximum absolute atomic E-state index is 12.5. The minimum Gasteiger partial charge on any atom is -0.508 e. The highest BCUT2D eigenvalue weighted by atomic mass is 16.3. The Bertz CT molecular complexity index is 761. The molecule has 0 aliphatic heterocycles. The molecule has 2 aromatic carbocycles. The third-order valence-electron chi connectivity index (χ3n) is 5.12. The lowest BCUT2D eigenvalue weighted by Crippen LogP contribution is -2.24. The van der Waals surface area contributed by atoms with Gasteiger partial charge in [0.2, 0.25) is 5.91 Å². The fourth-order valence-electron chi connectivity index (χ4n) is 3.67. The molecule has 0 atom stereocenters. The quantitative estimate of drug-likeness (QED) is 0.813. The minimum absolute atomic E-state index is 0.0861. The second-order valence-electron chi connectivity index (χ2n) is 7.32. The van der Waals surface area contributed by atoms with Gasteiger partial charge in [-0.1, -0.05) is 43.0 Å². The molecule has 2 aromatic rings. The Morgan fingerprint density at radius 3 is 2.60 bits per heavy atom. The largest absolute Gasteiger partial charge is 0.508 e. The third kappa shape index (κ3) is 4.62. The molecule has 0 saturated heterocycles. The number of phenolic OH excluding ortho intramolecular Hbond substituents is 1. The molecule has 3 heteroatoms. The number of phenols is 1. The number of hydrogen-bond donors (Lipinski definition) is 2. The molecule has 1 saturated carbocycles. The molecule has 25 heavy (non-hydrogen) atoms. The van der Waals surface area contributed by atoms with E-state index in [1.165, 1.54) is 23.1 Å². The van der Waals surface area contributed by atoms with E-state index in [1.54, 1.807) is 12.1 Å². The smallest absolute Gasteiger partial charge is 0.227 e. The third-order valence-corrected chi connectivity index (χ3v) is 5.12. The zero-order chi connectivity index (χ0) is 17.8.